The van der Waals surface area contributed by atoms with Crippen LogP contribution in [0.5, 0.6) is 0 Å². The minimum atomic E-state index is -0.366. The molecule has 1 aliphatic carbocycles. The van der Waals surface area contributed by atoms with E-state index < -0.39 is 0 Å². The molecule has 1 saturated carbocycles. The summed E-state index contributed by atoms with van der Waals surface area (Å²) in [7, 11) is 0. The van der Waals surface area contributed by atoms with Crippen LogP contribution in [0.2, 0.25) is 0 Å². The summed E-state index contributed by atoms with van der Waals surface area (Å²) < 4.78 is 29.6. The van der Waals surface area contributed by atoms with Crippen LogP contribution in [-0.4, -0.2) is 19.4 Å². The highest BCUT2D eigenvalue weighted by atomic mass is 19.1. The van der Waals surface area contributed by atoms with Gasteiger partial charge in [0.25, 0.3) is 0 Å². The Morgan fingerprint density at radius 2 is 1.81 bits per heavy atom. The van der Waals surface area contributed by atoms with Crippen LogP contribution < -0.4 is 0 Å². The Morgan fingerprint density at radius 1 is 1.06 bits per heavy atom. The Kier molecular flexibility index (Phi) is 10.4. The third kappa shape index (κ3) is 8.45. The highest BCUT2D eigenvalue weighted by Gasteiger charge is 2.20. The van der Waals surface area contributed by atoms with E-state index in [4.69, 9.17) is 14.2 Å². The van der Waals surface area contributed by atoms with Crippen LogP contribution in [0.1, 0.15) is 53.5 Å². The second-order valence-corrected chi connectivity index (χ2v) is 8.71. The van der Waals surface area contributed by atoms with Gasteiger partial charge < -0.3 is 14.2 Å². The summed E-state index contributed by atoms with van der Waals surface area (Å²) in [5, 5.41) is 0. The first-order valence-electron chi connectivity index (χ1n) is 12.0. The van der Waals surface area contributed by atoms with Crippen LogP contribution in [0.15, 0.2) is 61.9 Å². The molecule has 0 unspecified atom stereocenters. The molecule has 1 aliphatic rings. The molecule has 186 valence electrons. The molecule has 0 aliphatic heterocycles. The molecule has 1 fully saturated rings. The largest absolute Gasteiger partial charge is 0.476 e. The van der Waals surface area contributed by atoms with Crippen LogP contribution >= 0.6 is 0 Å². The molecule has 0 spiro atoms. The molecule has 3 rings (SSSR count). The second-order valence-electron chi connectivity index (χ2n) is 8.71. The lowest BCUT2D eigenvalue weighted by Crippen LogP contribution is -2.19. The van der Waals surface area contributed by atoms with Crippen molar-refractivity contribution >= 4 is 5.97 Å². The molecule has 2 aromatic carbocycles. The van der Waals surface area contributed by atoms with Gasteiger partial charge in [-0.3, -0.25) is 0 Å². The average Bonchev–Trinajstić information content (AvgIpc) is 2.89. The number of aryl methyl sites for hydroxylation is 1. The van der Waals surface area contributed by atoms with E-state index in [0.29, 0.717) is 29.6 Å². The van der Waals surface area contributed by atoms with Gasteiger partial charge in [0.05, 0.1) is 19.5 Å². The molecular formula is C31H31FO4. The summed E-state index contributed by atoms with van der Waals surface area (Å²) in [5.41, 5.74) is 3.89. The van der Waals surface area contributed by atoms with Gasteiger partial charge in [-0.1, -0.05) is 42.9 Å². The fourth-order valence-electron chi connectivity index (χ4n) is 3.93. The summed E-state index contributed by atoms with van der Waals surface area (Å²) in [6, 6.07) is 10.8. The van der Waals surface area contributed by atoms with Gasteiger partial charge in [-0.05, 0) is 74.4 Å². The van der Waals surface area contributed by atoms with Gasteiger partial charge in [0.1, 0.15) is 5.82 Å². The predicted octanol–water partition coefficient (Wildman–Crippen LogP) is 6.06. The van der Waals surface area contributed by atoms with Gasteiger partial charge in [0.2, 0.25) is 0 Å². The van der Waals surface area contributed by atoms with Gasteiger partial charge in [-0.15, -0.1) is 0 Å². The zero-order valence-corrected chi connectivity index (χ0v) is 20.6. The van der Waals surface area contributed by atoms with E-state index in [1.165, 1.54) is 18.4 Å². The number of hydrogen-bond acceptors (Lipinski definition) is 4. The lowest BCUT2D eigenvalue weighted by atomic mass is 9.82. The van der Waals surface area contributed by atoms with E-state index in [-0.39, 0.29) is 25.2 Å². The normalized spacial score (nSPS) is 16.5. The molecule has 0 amide bonds. The Labute approximate surface area is 213 Å². The summed E-state index contributed by atoms with van der Waals surface area (Å²) >= 11 is 0. The minimum absolute atomic E-state index is 0.0281. The third-order valence-corrected chi connectivity index (χ3v) is 6.04. The Bertz CT molecular complexity index is 1200. The molecule has 0 aromatic heterocycles. The van der Waals surface area contributed by atoms with Crippen molar-refractivity contribution in [2.45, 2.75) is 39.2 Å². The molecule has 0 bridgehead atoms. The molecule has 4 nitrogen and oxygen atoms in total. The third-order valence-electron chi connectivity index (χ3n) is 6.04. The monoisotopic (exact) mass is 486 g/mol. The first-order chi connectivity index (χ1) is 17.5. The fraction of sp³-hybridized carbons (Fsp3) is 0.323. The smallest absolute Gasteiger partial charge is 0.330 e. The maximum atomic E-state index is 14.3. The second kappa shape index (κ2) is 13.9. The molecule has 0 saturated heterocycles. The van der Waals surface area contributed by atoms with Crippen molar-refractivity contribution in [1.29, 1.82) is 0 Å². The molecule has 0 N–H and O–H groups in total. The number of halogens is 1. The zero-order valence-electron chi connectivity index (χ0n) is 20.6. The standard InChI is InChI=1S/C31H31FO4/c1-4-31(33)36-20-27-10-7-24(8-11-27)6-9-25-12-15-28(23(3)18-25)16-13-26-14-17-29(30(32)19-26)21-35-22-34-5-2/h4-5,12,14-15,17-19,24,27H,1-2,7-8,10-11,20-22H2,3H3. The van der Waals surface area contributed by atoms with Gasteiger partial charge in [-0.2, -0.15) is 0 Å². The first kappa shape index (κ1) is 26.8. The lowest BCUT2D eigenvalue weighted by molar-refractivity contribution is -0.139. The van der Waals surface area contributed by atoms with E-state index in [1.54, 1.807) is 12.1 Å². The van der Waals surface area contributed by atoms with Crippen molar-refractivity contribution in [2.75, 3.05) is 13.4 Å². The van der Waals surface area contributed by atoms with Crippen molar-refractivity contribution in [1.82, 2.24) is 0 Å². The average molecular weight is 487 g/mol. The highest BCUT2D eigenvalue weighted by molar-refractivity contribution is 5.81. The van der Waals surface area contributed by atoms with Crippen LogP contribution in [-0.2, 0) is 25.6 Å². The summed E-state index contributed by atoms with van der Waals surface area (Å²) in [5.74, 6) is 12.9. The molecule has 36 heavy (non-hydrogen) atoms. The number of carbonyl (C=O) groups excluding carboxylic acids is 1. The van der Waals surface area contributed by atoms with Crippen molar-refractivity contribution in [3.63, 3.8) is 0 Å². The van der Waals surface area contributed by atoms with Crippen LogP contribution in [0.3, 0.4) is 0 Å². The van der Waals surface area contributed by atoms with E-state index in [0.717, 1.165) is 42.4 Å². The molecule has 0 atom stereocenters. The number of benzene rings is 2. The van der Waals surface area contributed by atoms with E-state index >= 15 is 0 Å². The van der Waals surface area contributed by atoms with E-state index in [2.05, 4.69) is 36.8 Å². The Hall–Kier alpha value is -3.80. The highest BCUT2D eigenvalue weighted by Crippen LogP contribution is 2.28. The summed E-state index contributed by atoms with van der Waals surface area (Å²) in [6.07, 6.45) is 6.51. The number of rotatable bonds is 8. The SMILES string of the molecule is C=COCOCc1ccc(C#Cc2ccc(C#CC3CCC(COC(=O)C=C)CC3)cc2C)cc1F. The zero-order chi connectivity index (χ0) is 25.8. The lowest BCUT2D eigenvalue weighted by Gasteiger charge is -2.25. The van der Waals surface area contributed by atoms with Crippen molar-refractivity contribution in [2.24, 2.45) is 11.8 Å². The maximum Gasteiger partial charge on any atom is 0.330 e. The van der Waals surface area contributed by atoms with Crippen LogP contribution in [0.4, 0.5) is 4.39 Å². The number of hydrogen-bond donors (Lipinski definition) is 0. The number of carbonyl (C=O) groups is 1. The number of esters is 1. The van der Waals surface area contributed by atoms with Crippen molar-refractivity contribution in [3.8, 4) is 23.7 Å². The molecular weight excluding hydrogens is 455 g/mol. The van der Waals surface area contributed by atoms with Crippen LogP contribution in [0, 0.1) is 48.3 Å². The van der Waals surface area contributed by atoms with Gasteiger partial charge in [0.15, 0.2) is 6.79 Å². The maximum absolute atomic E-state index is 14.3. The Balaban J connectivity index is 1.54. The summed E-state index contributed by atoms with van der Waals surface area (Å²) in [4.78, 5) is 11.2. The predicted molar refractivity (Wildman–Crippen MR) is 138 cm³/mol. The molecule has 0 radical (unpaired) electrons. The molecule has 0 heterocycles. The van der Waals surface area contributed by atoms with Gasteiger partial charge >= 0.3 is 5.97 Å². The summed E-state index contributed by atoms with van der Waals surface area (Å²) in [6.45, 7) is 9.44. The Morgan fingerprint density at radius 3 is 2.50 bits per heavy atom. The number of ether oxygens (including phenoxy) is 3. The molecule has 5 heteroatoms. The topological polar surface area (TPSA) is 44.8 Å². The van der Waals surface area contributed by atoms with Gasteiger partial charge in [0, 0.05) is 34.2 Å². The minimum Gasteiger partial charge on any atom is -0.476 e. The van der Waals surface area contributed by atoms with Crippen molar-refractivity contribution < 1.29 is 23.4 Å². The van der Waals surface area contributed by atoms with E-state index in [1.807, 2.05) is 25.1 Å². The van der Waals surface area contributed by atoms with Crippen molar-refractivity contribution in [3.05, 3.63) is 95.5 Å². The van der Waals surface area contributed by atoms with E-state index in [9.17, 15) is 9.18 Å². The van der Waals surface area contributed by atoms with Gasteiger partial charge in [-0.25, -0.2) is 9.18 Å². The van der Waals surface area contributed by atoms with Crippen LogP contribution in [0.25, 0.3) is 0 Å². The first-order valence-corrected chi connectivity index (χ1v) is 12.0. The molecule has 2 aromatic rings. The fourth-order valence-corrected chi connectivity index (χ4v) is 3.93. The quantitative estimate of drug-likeness (QED) is 0.114.